The Morgan fingerprint density at radius 1 is 1.44 bits per heavy atom. The fraction of sp³-hybridized carbons (Fsp3) is 0.474. The number of amides is 1. The zero-order valence-electron chi connectivity index (χ0n) is 15.5. The molecule has 1 aliphatic heterocycles. The average Bonchev–Trinajstić information content (AvgIpc) is 3.06. The van der Waals surface area contributed by atoms with E-state index in [0.717, 1.165) is 5.69 Å². The van der Waals surface area contributed by atoms with Crippen LogP contribution in [0.25, 0.3) is 0 Å². The van der Waals surface area contributed by atoms with Crippen molar-refractivity contribution < 1.29 is 23.6 Å². The molecule has 0 saturated carbocycles. The Bertz CT molecular complexity index is 810. The highest BCUT2D eigenvalue weighted by atomic mass is 19.1. The Labute approximate surface area is 157 Å². The number of halogens is 1. The van der Waals surface area contributed by atoms with E-state index < -0.39 is 17.3 Å². The highest BCUT2D eigenvalue weighted by Gasteiger charge is 2.42. The molecule has 2 N–H and O–H groups in total. The van der Waals surface area contributed by atoms with Gasteiger partial charge < -0.3 is 24.6 Å². The molecule has 146 valence electrons. The Kier molecular flexibility index (Phi) is 5.76. The van der Waals surface area contributed by atoms with Crippen molar-refractivity contribution in [3.63, 3.8) is 0 Å². The van der Waals surface area contributed by atoms with E-state index in [9.17, 15) is 14.3 Å². The molecule has 0 spiro atoms. The highest BCUT2D eigenvalue weighted by Crippen LogP contribution is 2.26. The smallest absolute Gasteiger partial charge is 0.256 e. The van der Waals surface area contributed by atoms with E-state index in [1.807, 2.05) is 6.92 Å². The number of nitrogens with one attached hydrogen (secondary N) is 1. The van der Waals surface area contributed by atoms with Crippen molar-refractivity contribution in [2.24, 2.45) is 0 Å². The lowest BCUT2D eigenvalue weighted by Crippen LogP contribution is -2.57. The Hall–Kier alpha value is -2.45. The van der Waals surface area contributed by atoms with Crippen LogP contribution in [0.5, 0.6) is 5.75 Å². The number of carbonyl (C=O) groups is 1. The number of hydrogen-bond donors (Lipinski definition) is 2. The number of nitrogens with zero attached hydrogens (tertiary/aromatic N) is 2. The SMILES string of the molecule is COc1ccc(F)c(CN2CCCC(O)(CNCc3cc(C)no3)C2=O)c1. The Morgan fingerprint density at radius 2 is 2.26 bits per heavy atom. The number of piperidine rings is 1. The lowest BCUT2D eigenvalue weighted by Gasteiger charge is -2.38. The molecule has 1 aromatic heterocycles. The standard InChI is InChI=1S/C19H24FN3O4/c1-13-8-16(27-22-13)10-21-12-19(25)6-3-7-23(18(19)24)11-14-9-15(26-2)4-5-17(14)20/h4-5,8-9,21,25H,3,6-7,10-12H2,1-2H3. The summed E-state index contributed by atoms with van der Waals surface area (Å²) in [6, 6.07) is 6.20. The number of aliphatic hydroxyl groups is 1. The van der Waals surface area contributed by atoms with Crippen LogP contribution in [0.2, 0.25) is 0 Å². The number of benzene rings is 1. The number of likely N-dealkylation sites (tertiary alicyclic amines) is 1. The molecule has 7 nitrogen and oxygen atoms in total. The van der Waals surface area contributed by atoms with Crippen LogP contribution < -0.4 is 10.1 Å². The van der Waals surface area contributed by atoms with E-state index in [1.165, 1.54) is 24.1 Å². The predicted octanol–water partition coefficient (Wildman–Crippen LogP) is 1.77. The number of ether oxygens (including phenoxy) is 1. The molecule has 3 rings (SSSR count). The summed E-state index contributed by atoms with van der Waals surface area (Å²) in [6.07, 6.45) is 0.988. The van der Waals surface area contributed by atoms with Crippen molar-refractivity contribution in [1.29, 1.82) is 0 Å². The Morgan fingerprint density at radius 3 is 2.96 bits per heavy atom. The van der Waals surface area contributed by atoms with E-state index in [4.69, 9.17) is 9.26 Å². The maximum Gasteiger partial charge on any atom is 0.256 e. The monoisotopic (exact) mass is 377 g/mol. The molecule has 1 saturated heterocycles. The zero-order valence-corrected chi connectivity index (χ0v) is 15.5. The van der Waals surface area contributed by atoms with Gasteiger partial charge in [-0.3, -0.25) is 4.79 Å². The number of aromatic nitrogens is 1. The topological polar surface area (TPSA) is 87.8 Å². The third kappa shape index (κ3) is 4.45. The van der Waals surface area contributed by atoms with Crippen molar-refractivity contribution in [1.82, 2.24) is 15.4 Å². The van der Waals surface area contributed by atoms with Gasteiger partial charge in [-0.2, -0.15) is 0 Å². The van der Waals surface area contributed by atoms with Crippen molar-refractivity contribution in [3.05, 3.63) is 47.1 Å². The number of methoxy groups -OCH3 is 1. The summed E-state index contributed by atoms with van der Waals surface area (Å²) in [5, 5.41) is 17.7. The van der Waals surface area contributed by atoms with Crippen molar-refractivity contribution in [3.8, 4) is 5.75 Å². The van der Waals surface area contributed by atoms with Crippen molar-refractivity contribution in [2.45, 2.75) is 38.5 Å². The highest BCUT2D eigenvalue weighted by molar-refractivity contribution is 5.86. The molecular formula is C19H24FN3O4. The van der Waals surface area contributed by atoms with Crippen molar-refractivity contribution in [2.75, 3.05) is 20.2 Å². The third-order valence-electron chi connectivity index (χ3n) is 4.71. The molecule has 1 amide bonds. The first kappa shape index (κ1) is 19.3. The lowest BCUT2D eigenvalue weighted by atomic mass is 9.91. The van der Waals surface area contributed by atoms with Crippen LogP contribution in [0.4, 0.5) is 4.39 Å². The van der Waals surface area contributed by atoms with Gasteiger partial charge in [0, 0.05) is 31.3 Å². The van der Waals surface area contributed by atoms with Gasteiger partial charge in [-0.1, -0.05) is 5.16 Å². The van der Waals surface area contributed by atoms with Gasteiger partial charge in [0.1, 0.15) is 11.6 Å². The van der Waals surface area contributed by atoms with E-state index >= 15 is 0 Å². The summed E-state index contributed by atoms with van der Waals surface area (Å²) in [6.45, 7) is 2.83. The van der Waals surface area contributed by atoms with Gasteiger partial charge in [0.15, 0.2) is 11.4 Å². The molecule has 2 aromatic rings. The molecular weight excluding hydrogens is 353 g/mol. The summed E-state index contributed by atoms with van der Waals surface area (Å²) in [5.41, 5.74) is -0.398. The first-order valence-corrected chi connectivity index (χ1v) is 8.88. The molecule has 1 aromatic carbocycles. The van der Waals surface area contributed by atoms with E-state index in [2.05, 4.69) is 10.5 Å². The minimum absolute atomic E-state index is 0.0860. The fourth-order valence-electron chi connectivity index (χ4n) is 3.28. The van der Waals surface area contributed by atoms with Crippen LogP contribution in [0.3, 0.4) is 0 Å². The molecule has 1 atom stereocenters. The molecule has 1 unspecified atom stereocenters. The maximum atomic E-state index is 14.1. The zero-order chi connectivity index (χ0) is 19.4. The summed E-state index contributed by atoms with van der Waals surface area (Å²) in [5.74, 6) is 0.346. The second-order valence-electron chi connectivity index (χ2n) is 6.86. The van der Waals surface area contributed by atoms with E-state index in [1.54, 1.807) is 12.1 Å². The molecule has 1 aliphatic rings. The number of carbonyl (C=O) groups excluding carboxylic acids is 1. The van der Waals surface area contributed by atoms with Gasteiger partial charge in [0.2, 0.25) is 0 Å². The summed E-state index contributed by atoms with van der Waals surface area (Å²) in [4.78, 5) is 14.3. The van der Waals surface area contributed by atoms with Crippen LogP contribution >= 0.6 is 0 Å². The molecule has 1 fully saturated rings. The largest absolute Gasteiger partial charge is 0.497 e. The number of aryl methyl sites for hydroxylation is 1. The second kappa shape index (κ2) is 8.06. The predicted molar refractivity (Wildman–Crippen MR) is 95.5 cm³/mol. The summed E-state index contributed by atoms with van der Waals surface area (Å²) >= 11 is 0. The van der Waals surface area contributed by atoms with Crippen LogP contribution in [0.15, 0.2) is 28.8 Å². The maximum absolute atomic E-state index is 14.1. The first-order valence-electron chi connectivity index (χ1n) is 8.88. The van der Waals surface area contributed by atoms with Gasteiger partial charge in [-0.05, 0) is 38.0 Å². The third-order valence-corrected chi connectivity index (χ3v) is 4.71. The average molecular weight is 377 g/mol. The van der Waals surface area contributed by atoms with E-state index in [0.29, 0.717) is 43.0 Å². The van der Waals surface area contributed by atoms with Gasteiger partial charge >= 0.3 is 0 Å². The summed E-state index contributed by atoms with van der Waals surface area (Å²) in [7, 11) is 1.50. The molecule has 8 heteroatoms. The molecule has 0 bridgehead atoms. The molecule has 0 aliphatic carbocycles. The first-order chi connectivity index (χ1) is 12.9. The summed E-state index contributed by atoms with van der Waals surface area (Å²) < 4.78 is 24.3. The number of rotatable bonds is 7. The molecule has 27 heavy (non-hydrogen) atoms. The van der Waals surface area contributed by atoms with Gasteiger partial charge in [-0.15, -0.1) is 0 Å². The van der Waals surface area contributed by atoms with Crippen molar-refractivity contribution >= 4 is 5.91 Å². The van der Waals surface area contributed by atoms with Gasteiger partial charge in [-0.25, -0.2) is 4.39 Å². The van der Waals surface area contributed by atoms with Crippen LogP contribution in [-0.4, -0.2) is 46.9 Å². The van der Waals surface area contributed by atoms with Crippen LogP contribution in [-0.2, 0) is 17.9 Å². The number of hydrogen-bond acceptors (Lipinski definition) is 6. The van der Waals surface area contributed by atoms with Crippen LogP contribution in [0.1, 0.15) is 29.9 Å². The lowest BCUT2D eigenvalue weighted by molar-refractivity contribution is -0.157. The minimum Gasteiger partial charge on any atom is -0.497 e. The van der Waals surface area contributed by atoms with Crippen LogP contribution in [0, 0.1) is 12.7 Å². The molecule has 2 heterocycles. The molecule has 0 radical (unpaired) electrons. The Balaban J connectivity index is 1.63. The van der Waals surface area contributed by atoms with E-state index in [-0.39, 0.29) is 13.1 Å². The fourth-order valence-corrected chi connectivity index (χ4v) is 3.28. The normalized spacial score (nSPS) is 20.1. The van der Waals surface area contributed by atoms with Gasteiger partial charge in [0.25, 0.3) is 5.91 Å². The minimum atomic E-state index is -1.53. The second-order valence-corrected chi connectivity index (χ2v) is 6.86. The van der Waals surface area contributed by atoms with Gasteiger partial charge in [0.05, 0.1) is 19.3 Å². The quantitative estimate of drug-likeness (QED) is 0.765.